The molecule has 6 heteroatoms. The molecule has 0 spiro atoms. The molecular weight excluding hydrogens is 394 g/mol. The summed E-state index contributed by atoms with van der Waals surface area (Å²) in [5, 5.41) is 15.6. The van der Waals surface area contributed by atoms with E-state index >= 15 is 0 Å². The number of benzene rings is 3. The first-order valence-electron chi connectivity index (χ1n) is 9.80. The highest BCUT2D eigenvalue weighted by Gasteiger charge is 2.36. The molecule has 3 aromatic carbocycles. The molecule has 2 aromatic heterocycles. The van der Waals surface area contributed by atoms with Crippen molar-refractivity contribution >= 4 is 33.3 Å². The SMILES string of the molecule is O=c1oc2ccccc2c(O)c1[C@H]1c2ccccc2Nc2c1c(=O)oc1ccccc21. The van der Waals surface area contributed by atoms with Crippen LogP contribution in [0, 0.1) is 0 Å². The summed E-state index contributed by atoms with van der Waals surface area (Å²) in [6.45, 7) is 0. The van der Waals surface area contributed by atoms with E-state index in [-0.39, 0.29) is 22.5 Å². The van der Waals surface area contributed by atoms with Gasteiger partial charge in [-0.2, -0.15) is 0 Å². The van der Waals surface area contributed by atoms with E-state index < -0.39 is 17.2 Å². The van der Waals surface area contributed by atoms with Crippen molar-refractivity contribution in [1.29, 1.82) is 0 Å². The minimum Gasteiger partial charge on any atom is -0.507 e. The van der Waals surface area contributed by atoms with E-state index in [1.54, 1.807) is 36.4 Å². The fourth-order valence-electron chi connectivity index (χ4n) is 4.42. The Kier molecular flexibility index (Phi) is 3.58. The third-order valence-corrected chi connectivity index (χ3v) is 5.78. The van der Waals surface area contributed by atoms with Gasteiger partial charge in [0.25, 0.3) is 0 Å². The Bertz CT molecular complexity index is 1600. The lowest BCUT2D eigenvalue weighted by Gasteiger charge is -2.29. The third-order valence-electron chi connectivity index (χ3n) is 5.78. The fourth-order valence-corrected chi connectivity index (χ4v) is 4.42. The predicted molar refractivity (Wildman–Crippen MR) is 117 cm³/mol. The molecular formula is C25H15NO5. The number of rotatable bonds is 1. The van der Waals surface area contributed by atoms with Gasteiger partial charge in [0.2, 0.25) is 0 Å². The Hall–Kier alpha value is -4.32. The predicted octanol–water partition coefficient (Wildman–Crippen LogP) is 4.84. The van der Waals surface area contributed by atoms with Crippen LogP contribution in [0.2, 0.25) is 0 Å². The lowest BCUT2D eigenvalue weighted by Crippen LogP contribution is -2.26. The molecule has 0 bridgehead atoms. The van der Waals surface area contributed by atoms with Crippen LogP contribution in [0.15, 0.2) is 91.2 Å². The molecule has 6 nitrogen and oxygen atoms in total. The van der Waals surface area contributed by atoms with Crippen molar-refractivity contribution in [3.63, 3.8) is 0 Å². The lowest BCUT2D eigenvalue weighted by molar-refractivity contribution is 0.453. The zero-order chi connectivity index (χ0) is 21.1. The first-order valence-corrected chi connectivity index (χ1v) is 9.80. The monoisotopic (exact) mass is 409 g/mol. The van der Waals surface area contributed by atoms with Crippen molar-refractivity contribution in [2.24, 2.45) is 0 Å². The zero-order valence-electron chi connectivity index (χ0n) is 16.1. The summed E-state index contributed by atoms with van der Waals surface area (Å²) in [5.74, 6) is -1.05. The Morgan fingerprint density at radius 1 is 0.710 bits per heavy atom. The maximum atomic E-state index is 13.1. The van der Waals surface area contributed by atoms with E-state index in [2.05, 4.69) is 5.32 Å². The highest BCUT2D eigenvalue weighted by atomic mass is 16.4. The van der Waals surface area contributed by atoms with E-state index in [4.69, 9.17) is 8.83 Å². The standard InChI is InChI=1S/C25H15NO5/c27-23-15-9-3-6-12-18(15)31-25(29)21(23)19-13-7-1-4-10-16(13)26-22-14-8-2-5-11-17(14)30-24(28)20(19)22/h1-12,19,26-27H/t19-/m0/s1. The molecule has 6 rings (SSSR count). The van der Waals surface area contributed by atoms with Crippen LogP contribution in [0.3, 0.4) is 0 Å². The van der Waals surface area contributed by atoms with Crippen molar-refractivity contribution in [2.75, 3.05) is 5.32 Å². The van der Waals surface area contributed by atoms with Crippen LogP contribution in [0.5, 0.6) is 5.75 Å². The van der Waals surface area contributed by atoms with E-state index in [0.717, 1.165) is 5.69 Å². The van der Waals surface area contributed by atoms with E-state index in [9.17, 15) is 14.7 Å². The molecule has 1 atom stereocenters. The van der Waals surface area contributed by atoms with E-state index in [0.29, 0.717) is 27.6 Å². The van der Waals surface area contributed by atoms with Crippen LogP contribution in [-0.2, 0) is 0 Å². The number of nitrogens with one attached hydrogen (secondary N) is 1. The summed E-state index contributed by atoms with van der Waals surface area (Å²) in [6.07, 6.45) is 0. The second-order valence-electron chi connectivity index (χ2n) is 7.47. The number of hydrogen-bond donors (Lipinski definition) is 2. The average molecular weight is 409 g/mol. The molecule has 0 fully saturated rings. The largest absolute Gasteiger partial charge is 0.507 e. The van der Waals surface area contributed by atoms with Crippen LogP contribution in [0.1, 0.15) is 22.6 Å². The molecule has 0 saturated heterocycles. The second kappa shape index (κ2) is 6.34. The van der Waals surface area contributed by atoms with Gasteiger partial charge in [0, 0.05) is 11.1 Å². The topological polar surface area (TPSA) is 92.7 Å². The molecule has 150 valence electrons. The lowest BCUT2D eigenvalue weighted by atomic mass is 9.81. The van der Waals surface area contributed by atoms with E-state index in [1.165, 1.54) is 0 Å². The van der Waals surface area contributed by atoms with Crippen LogP contribution in [0.4, 0.5) is 11.4 Å². The Morgan fingerprint density at radius 2 is 1.29 bits per heavy atom. The van der Waals surface area contributed by atoms with Crippen molar-refractivity contribution in [3.8, 4) is 5.75 Å². The summed E-state index contributed by atoms with van der Waals surface area (Å²) in [4.78, 5) is 26.2. The van der Waals surface area contributed by atoms with Crippen molar-refractivity contribution in [3.05, 3.63) is 110 Å². The second-order valence-corrected chi connectivity index (χ2v) is 7.47. The Morgan fingerprint density at radius 3 is 2.06 bits per heavy atom. The maximum absolute atomic E-state index is 13.1. The van der Waals surface area contributed by atoms with E-state index in [1.807, 2.05) is 36.4 Å². The molecule has 0 saturated carbocycles. The van der Waals surface area contributed by atoms with Gasteiger partial charge >= 0.3 is 11.3 Å². The quantitative estimate of drug-likeness (QED) is 0.378. The highest BCUT2D eigenvalue weighted by molar-refractivity contribution is 5.96. The molecule has 5 aromatic rings. The molecule has 0 unspecified atom stereocenters. The molecule has 0 amide bonds. The van der Waals surface area contributed by atoms with Gasteiger partial charge in [-0.25, -0.2) is 9.59 Å². The zero-order valence-corrected chi connectivity index (χ0v) is 16.1. The Balaban J connectivity index is 1.77. The van der Waals surface area contributed by atoms with Crippen LogP contribution >= 0.6 is 0 Å². The van der Waals surface area contributed by atoms with Crippen molar-refractivity contribution < 1.29 is 13.9 Å². The van der Waals surface area contributed by atoms with Gasteiger partial charge in [0.05, 0.1) is 28.1 Å². The summed E-state index contributed by atoms with van der Waals surface area (Å²) in [7, 11) is 0. The molecule has 1 aliphatic heterocycles. The first kappa shape index (κ1) is 17.5. The first-order chi connectivity index (χ1) is 15.1. The molecule has 3 heterocycles. The molecule has 1 aliphatic rings. The Labute approximate surface area is 175 Å². The number of aromatic hydroxyl groups is 1. The summed E-state index contributed by atoms with van der Waals surface area (Å²) >= 11 is 0. The van der Waals surface area contributed by atoms with Crippen LogP contribution in [-0.4, -0.2) is 5.11 Å². The van der Waals surface area contributed by atoms with Gasteiger partial charge in [-0.3, -0.25) is 0 Å². The van der Waals surface area contributed by atoms with Gasteiger partial charge in [-0.1, -0.05) is 42.5 Å². The number of fused-ring (bicyclic) bond motifs is 5. The van der Waals surface area contributed by atoms with Gasteiger partial charge in [-0.05, 0) is 35.9 Å². The minimum atomic E-state index is -0.853. The van der Waals surface area contributed by atoms with Crippen molar-refractivity contribution in [1.82, 2.24) is 0 Å². The molecule has 0 radical (unpaired) electrons. The van der Waals surface area contributed by atoms with Gasteiger partial charge in [0.15, 0.2) is 0 Å². The summed E-state index contributed by atoms with van der Waals surface area (Å²) < 4.78 is 11.1. The molecule has 0 aliphatic carbocycles. The average Bonchev–Trinajstić information content (AvgIpc) is 2.78. The van der Waals surface area contributed by atoms with Gasteiger partial charge in [-0.15, -0.1) is 0 Å². The number of anilines is 2. The number of hydrogen-bond acceptors (Lipinski definition) is 6. The fraction of sp³-hybridized carbons (Fsp3) is 0.0400. The smallest absolute Gasteiger partial charge is 0.344 e. The van der Waals surface area contributed by atoms with Gasteiger partial charge < -0.3 is 19.3 Å². The highest BCUT2D eigenvalue weighted by Crippen LogP contribution is 2.47. The normalized spacial score (nSPS) is 14.8. The minimum absolute atomic E-state index is 0.0106. The molecule has 31 heavy (non-hydrogen) atoms. The van der Waals surface area contributed by atoms with Gasteiger partial charge in [0.1, 0.15) is 16.9 Å². The van der Waals surface area contributed by atoms with Crippen LogP contribution in [0.25, 0.3) is 21.9 Å². The summed E-state index contributed by atoms with van der Waals surface area (Å²) in [5.41, 5.74) is 1.69. The van der Waals surface area contributed by atoms with Crippen molar-refractivity contribution in [2.45, 2.75) is 5.92 Å². The third kappa shape index (κ3) is 2.45. The number of para-hydroxylation sites is 3. The molecule has 2 N–H and O–H groups in total. The maximum Gasteiger partial charge on any atom is 0.344 e. The van der Waals surface area contributed by atoms with Crippen LogP contribution < -0.4 is 16.6 Å². The summed E-state index contributed by atoms with van der Waals surface area (Å²) in [6, 6.07) is 21.3.